The molecule has 0 aromatic carbocycles. The number of hydrogen-bond acceptors (Lipinski definition) is 8. The number of carbonyl (C=O) groups is 1. The van der Waals surface area contributed by atoms with Crippen molar-refractivity contribution >= 4 is 23.2 Å². The van der Waals surface area contributed by atoms with Gasteiger partial charge in [0.05, 0.1) is 12.2 Å². The Kier molecular flexibility index (Phi) is 7.41. The van der Waals surface area contributed by atoms with E-state index in [4.69, 9.17) is 9.84 Å². The fourth-order valence-corrected chi connectivity index (χ4v) is 2.28. The molecule has 2 rings (SSSR count). The van der Waals surface area contributed by atoms with Crippen molar-refractivity contribution in [1.82, 2.24) is 5.32 Å². The first kappa shape index (κ1) is 17.3. The van der Waals surface area contributed by atoms with Gasteiger partial charge in [-0.15, -0.1) is 11.8 Å². The maximum Gasteiger partial charge on any atom is 0.217 e. The highest BCUT2D eigenvalue weighted by Gasteiger charge is 2.43. The Bertz CT molecular complexity index is 337. The summed E-state index contributed by atoms with van der Waals surface area (Å²) in [5, 5.41) is 39.4. The second-order valence-electron chi connectivity index (χ2n) is 4.34. The first-order valence-electron chi connectivity index (χ1n) is 6.15. The second kappa shape index (κ2) is 8.55. The second-order valence-corrected chi connectivity index (χ2v) is 5.29. The van der Waals surface area contributed by atoms with Crippen molar-refractivity contribution in [3.05, 3.63) is 0 Å². The molecule has 1 amide bonds. The third-order valence-electron chi connectivity index (χ3n) is 2.76. The molecule has 0 saturated carbocycles. The third kappa shape index (κ3) is 5.00. The topological polar surface area (TPSA) is 132 Å². The van der Waals surface area contributed by atoms with Crippen LogP contribution in [0.25, 0.3) is 0 Å². The van der Waals surface area contributed by atoms with Crippen molar-refractivity contribution < 1.29 is 30.0 Å². The highest BCUT2D eigenvalue weighted by Crippen LogP contribution is 2.19. The van der Waals surface area contributed by atoms with Crippen LogP contribution in [0.5, 0.6) is 0 Å². The number of ether oxygens (including phenoxy) is 1. The predicted octanol–water partition coefficient (Wildman–Crippen LogP) is -2.32. The molecule has 1 saturated heterocycles. The lowest BCUT2D eigenvalue weighted by Gasteiger charge is -2.40. The number of hydrogen-bond donors (Lipinski definition) is 5. The minimum absolute atomic E-state index is 0.462. The molecule has 0 aromatic rings. The van der Waals surface area contributed by atoms with E-state index in [9.17, 15) is 20.1 Å². The van der Waals surface area contributed by atoms with Gasteiger partial charge in [0.2, 0.25) is 5.91 Å². The number of thioether (sulfide) groups is 1. The minimum atomic E-state index is -1.45. The summed E-state index contributed by atoms with van der Waals surface area (Å²) in [5.41, 5.74) is 1.90. The highest BCUT2D eigenvalue weighted by molar-refractivity contribution is 8.12. The molecule has 5 N–H and O–H groups in total. The van der Waals surface area contributed by atoms with Crippen molar-refractivity contribution in [3.63, 3.8) is 0 Å². The number of aliphatic imine (C=N–C) groups is 1. The smallest absolute Gasteiger partial charge is 0.217 e. The van der Waals surface area contributed by atoms with Crippen LogP contribution >= 0.6 is 11.8 Å². The summed E-state index contributed by atoms with van der Waals surface area (Å²) in [6, 6.07) is -1.10. The van der Waals surface area contributed by atoms with Crippen LogP contribution in [0.4, 0.5) is 0 Å². The summed E-state index contributed by atoms with van der Waals surface area (Å²) >= 11 is 1.78. The van der Waals surface area contributed by atoms with E-state index in [1.54, 1.807) is 11.8 Å². The van der Waals surface area contributed by atoms with Gasteiger partial charge in [-0.3, -0.25) is 9.79 Å². The van der Waals surface area contributed by atoms with Gasteiger partial charge in [-0.25, -0.2) is 0 Å². The molecule has 2 aliphatic rings. The lowest BCUT2D eigenvalue weighted by atomic mass is 9.97. The average molecular weight is 308 g/mol. The number of rotatable bonds is 2. The monoisotopic (exact) mass is 308 g/mol. The summed E-state index contributed by atoms with van der Waals surface area (Å²) in [6.07, 6.45) is -5.24. The van der Waals surface area contributed by atoms with E-state index < -0.39 is 43.2 Å². The van der Waals surface area contributed by atoms with Crippen LogP contribution in [0, 0.1) is 0 Å². The summed E-state index contributed by atoms with van der Waals surface area (Å²) < 4.78 is 4.81. The molecule has 0 aromatic heterocycles. The van der Waals surface area contributed by atoms with Crippen LogP contribution < -0.4 is 5.32 Å². The van der Waals surface area contributed by atoms with Crippen LogP contribution in [0.2, 0.25) is 0 Å². The number of nitrogens with zero attached hydrogens (tertiary/aromatic N) is 1. The molecule has 0 radical (unpaired) electrons. The first-order valence-corrected chi connectivity index (χ1v) is 7.19. The zero-order chi connectivity index (χ0) is 15.1. The van der Waals surface area contributed by atoms with E-state index in [1.807, 2.05) is 5.55 Å². The van der Waals surface area contributed by atoms with Crippen molar-refractivity contribution in [2.45, 2.75) is 37.6 Å². The van der Waals surface area contributed by atoms with Crippen LogP contribution in [0.15, 0.2) is 4.99 Å². The zero-order valence-corrected chi connectivity index (χ0v) is 11.9. The van der Waals surface area contributed by atoms with Gasteiger partial charge >= 0.3 is 0 Å². The minimum Gasteiger partial charge on any atom is -0.394 e. The maximum absolute atomic E-state index is 10.7. The maximum atomic E-state index is 10.7. The predicted molar refractivity (Wildman–Crippen MR) is 73.4 cm³/mol. The molecule has 9 heteroatoms. The molecule has 1 unspecified atom stereocenters. The Morgan fingerprint density at radius 1 is 1.45 bits per heavy atom. The van der Waals surface area contributed by atoms with Crippen LogP contribution in [-0.4, -0.2) is 81.4 Å². The normalized spacial score (nSPS) is 36.1. The van der Waals surface area contributed by atoms with E-state index >= 15 is 0 Å². The van der Waals surface area contributed by atoms with Gasteiger partial charge in [0.25, 0.3) is 0 Å². The molecular weight excluding hydrogens is 288 g/mol. The molecule has 1 fully saturated rings. The Balaban J connectivity index is 0.000000333. The van der Waals surface area contributed by atoms with Gasteiger partial charge in [0.15, 0.2) is 6.29 Å². The first-order chi connectivity index (χ1) is 9.47. The van der Waals surface area contributed by atoms with E-state index in [-0.39, 0.29) is 0 Å². The lowest BCUT2D eigenvalue weighted by molar-refractivity contribution is -0.253. The SMILES string of the molecule is C1=NCCS1.CC(=O)N[C@H]1C(O)O[C@H](CO)[C@H](O)[C@@H]1O. The highest BCUT2D eigenvalue weighted by atomic mass is 32.2. The van der Waals surface area contributed by atoms with E-state index in [0.29, 0.717) is 0 Å². The summed E-state index contributed by atoms with van der Waals surface area (Å²) in [6.45, 7) is 1.72. The van der Waals surface area contributed by atoms with Crippen molar-refractivity contribution in [2.75, 3.05) is 18.9 Å². The Morgan fingerprint density at radius 3 is 2.55 bits per heavy atom. The van der Waals surface area contributed by atoms with E-state index in [2.05, 4.69) is 10.3 Å². The summed E-state index contributed by atoms with van der Waals surface area (Å²) in [7, 11) is 0. The number of nitrogens with one attached hydrogen (secondary N) is 1. The Hall–Kier alpha value is -0.710. The summed E-state index contributed by atoms with van der Waals surface area (Å²) in [5.74, 6) is 0.733. The molecule has 116 valence electrons. The molecule has 5 atom stereocenters. The van der Waals surface area contributed by atoms with Crippen molar-refractivity contribution in [1.29, 1.82) is 0 Å². The molecule has 0 aliphatic carbocycles. The van der Waals surface area contributed by atoms with Gasteiger partial charge in [0.1, 0.15) is 24.4 Å². The number of aliphatic hydroxyl groups excluding tert-OH is 4. The van der Waals surface area contributed by atoms with Crippen LogP contribution in [0.3, 0.4) is 0 Å². The zero-order valence-electron chi connectivity index (χ0n) is 11.0. The van der Waals surface area contributed by atoms with Gasteiger partial charge in [-0.1, -0.05) is 0 Å². The molecule has 2 aliphatic heterocycles. The fraction of sp³-hybridized carbons (Fsp3) is 0.818. The molecule has 0 bridgehead atoms. The summed E-state index contributed by atoms with van der Waals surface area (Å²) in [4.78, 5) is 14.7. The number of aliphatic hydroxyl groups is 4. The number of amides is 1. The fourth-order valence-electron chi connectivity index (χ4n) is 1.75. The largest absolute Gasteiger partial charge is 0.394 e. The molecule has 8 nitrogen and oxygen atoms in total. The molecule has 2 heterocycles. The quantitative estimate of drug-likeness (QED) is 0.387. The van der Waals surface area contributed by atoms with Crippen molar-refractivity contribution in [2.24, 2.45) is 4.99 Å². The van der Waals surface area contributed by atoms with Gasteiger partial charge in [-0.05, 0) is 0 Å². The molecule has 0 spiro atoms. The van der Waals surface area contributed by atoms with Gasteiger partial charge in [-0.2, -0.15) is 0 Å². The Labute approximate surface area is 120 Å². The molecule has 20 heavy (non-hydrogen) atoms. The standard InChI is InChI=1S/C8H15NO6.C3H5NS/c1-3(11)9-5-7(13)6(12)4(2-10)15-8(5)14;1-2-5-3-4-1/h4-8,10,12-14H,2H2,1H3,(H,9,11);3H,1-2H2/t4-,5-,6+,7-,8?;/m1./s1. The van der Waals surface area contributed by atoms with E-state index in [1.165, 1.54) is 12.7 Å². The Morgan fingerprint density at radius 2 is 2.15 bits per heavy atom. The molecular formula is C11H20N2O6S. The average Bonchev–Trinajstić information content (AvgIpc) is 2.98. The number of carbonyl (C=O) groups excluding carboxylic acids is 1. The van der Waals surface area contributed by atoms with Gasteiger partial charge < -0.3 is 30.5 Å². The van der Waals surface area contributed by atoms with Crippen molar-refractivity contribution in [3.8, 4) is 0 Å². The van der Waals surface area contributed by atoms with Crippen LogP contribution in [-0.2, 0) is 9.53 Å². The third-order valence-corrected chi connectivity index (χ3v) is 3.47. The lowest BCUT2D eigenvalue weighted by Crippen LogP contribution is -2.63. The van der Waals surface area contributed by atoms with Crippen LogP contribution in [0.1, 0.15) is 6.92 Å². The van der Waals surface area contributed by atoms with E-state index in [0.717, 1.165) is 6.54 Å². The van der Waals surface area contributed by atoms with Gasteiger partial charge in [0, 0.05) is 19.2 Å².